The third kappa shape index (κ3) is 5.61. The van der Waals surface area contributed by atoms with Crippen LogP contribution >= 0.6 is 23.2 Å². The first-order chi connectivity index (χ1) is 12.6. The van der Waals surface area contributed by atoms with Crippen molar-refractivity contribution in [1.29, 1.82) is 5.26 Å². The highest BCUT2D eigenvalue weighted by molar-refractivity contribution is 6.38. The van der Waals surface area contributed by atoms with Gasteiger partial charge in [0.15, 0.2) is 0 Å². The predicted molar refractivity (Wildman–Crippen MR) is 107 cm³/mol. The van der Waals surface area contributed by atoms with Crippen molar-refractivity contribution in [2.45, 2.75) is 26.4 Å². The van der Waals surface area contributed by atoms with E-state index in [0.29, 0.717) is 21.2 Å². The van der Waals surface area contributed by atoms with Crippen molar-refractivity contribution in [3.63, 3.8) is 0 Å². The molecule has 0 radical (unpaired) electrons. The van der Waals surface area contributed by atoms with Crippen molar-refractivity contribution < 1.29 is 9.53 Å². The molecule has 2 aromatic rings. The van der Waals surface area contributed by atoms with E-state index in [1.54, 1.807) is 39.0 Å². The smallest absolute Gasteiger partial charge is 0.413 e. The molecule has 1 aromatic carbocycles. The van der Waals surface area contributed by atoms with Crippen LogP contribution in [0.15, 0.2) is 35.1 Å². The molecular weight excluding hydrogens is 389 g/mol. The molecule has 0 fully saturated rings. The van der Waals surface area contributed by atoms with Gasteiger partial charge in [0.05, 0.1) is 21.7 Å². The van der Waals surface area contributed by atoms with Crippen molar-refractivity contribution in [2.24, 2.45) is 0 Å². The van der Waals surface area contributed by atoms with Crippen molar-refractivity contribution in [1.82, 2.24) is 4.98 Å². The SMILES string of the molecule is CC(C)(C)OC(=O)Nc1[nH]c(=O)ccc1/C=C(\C#N)c1c(Cl)cccc1Cl. The Morgan fingerprint density at radius 1 is 1.22 bits per heavy atom. The first-order valence-corrected chi connectivity index (χ1v) is 8.66. The van der Waals surface area contributed by atoms with Gasteiger partial charge in [-0.15, -0.1) is 0 Å². The number of hydrogen-bond donors (Lipinski definition) is 2. The standard InChI is InChI=1S/C19H17Cl2N3O3/c1-19(2,3)27-18(26)24-17-11(7-8-15(25)23-17)9-12(10-22)16-13(20)5-4-6-14(16)21/h4-9H,1-3H3,(H2,23,24,25,26)/b12-9+. The average molecular weight is 406 g/mol. The van der Waals surface area contributed by atoms with Crippen LogP contribution in [0.3, 0.4) is 0 Å². The fourth-order valence-corrected chi connectivity index (χ4v) is 2.79. The number of nitriles is 1. The second-order valence-corrected chi connectivity index (χ2v) is 7.36. The zero-order valence-corrected chi connectivity index (χ0v) is 16.4. The summed E-state index contributed by atoms with van der Waals surface area (Å²) >= 11 is 12.3. The number of nitrogens with zero attached hydrogens (tertiary/aromatic N) is 1. The molecule has 6 nitrogen and oxygen atoms in total. The molecule has 1 heterocycles. The quantitative estimate of drug-likeness (QED) is 0.694. The van der Waals surface area contributed by atoms with Crippen LogP contribution in [0.4, 0.5) is 10.6 Å². The topological polar surface area (TPSA) is 95.0 Å². The Bertz CT molecular complexity index is 978. The highest BCUT2D eigenvalue weighted by Gasteiger charge is 2.18. The van der Waals surface area contributed by atoms with E-state index in [2.05, 4.69) is 10.3 Å². The molecule has 0 aliphatic rings. The van der Waals surface area contributed by atoms with Crippen LogP contribution in [-0.2, 0) is 4.74 Å². The highest BCUT2D eigenvalue weighted by Crippen LogP contribution is 2.32. The maximum absolute atomic E-state index is 12.0. The van der Waals surface area contributed by atoms with Gasteiger partial charge in [0, 0.05) is 17.2 Å². The number of carbonyl (C=O) groups is 1. The minimum atomic E-state index is -0.742. The molecule has 140 valence electrons. The molecule has 0 unspecified atom stereocenters. The Labute approximate surface area is 166 Å². The number of H-pyrrole nitrogens is 1. The number of amides is 1. The van der Waals surface area contributed by atoms with Gasteiger partial charge in [0.2, 0.25) is 5.56 Å². The average Bonchev–Trinajstić information content (AvgIpc) is 2.53. The van der Waals surface area contributed by atoms with Crippen LogP contribution in [-0.4, -0.2) is 16.7 Å². The molecule has 0 aliphatic heterocycles. The molecule has 0 atom stereocenters. The number of halogens is 2. The van der Waals surface area contributed by atoms with Crippen LogP contribution in [0.2, 0.25) is 10.0 Å². The number of hydrogen-bond acceptors (Lipinski definition) is 4. The number of anilines is 1. The lowest BCUT2D eigenvalue weighted by Crippen LogP contribution is -2.28. The van der Waals surface area contributed by atoms with Gasteiger partial charge in [0.1, 0.15) is 11.4 Å². The first kappa shape index (κ1) is 20.6. The molecular formula is C19H17Cl2N3O3. The second kappa shape index (κ2) is 8.30. The van der Waals surface area contributed by atoms with Crippen molar-refractivity contribution in [3.05, 3.63) is 61.9 Å². The minimum absolute atomic E-state index is 0.0904. The highest BCUT2D eigenvalue weighted by atomic mass is 35.5. The van der Waals surface area contributed by atoms with Gasteiger partial charge >= 0.3 is 6.09 Å². The number of carbonyl (C=O) groups excluding carboxylic acids is 1. The van der Waals surface area contributed by atoms with Crippen LogP contribution < -0.4 is 10.9 Å². The van der Waals surface area contributed by atoms with E-state index in [1.165, 1.54) is 18.2 Å². The molecule has 1 aromatic heterocycles. The summed E-state index contributed by atoms with van der Waals surface area (Å²) < 4.78 is 5.19. The van der Waals surface area contributed by atoms with Crippen molar-refractivity contribution in [3.8, 4) is 6.07 Å². The van der Waals surface area contributed by atoms with Crippen LogP contribution in [0.5, 0.6) is 0 Å². The van der Waals surface area contributed by atoms with E-state index in [1.807, 2.05) is 6.07 Å². The summed E-state index contributed by atoms with van der Waals surface area (Å²) in [5, 5.41) is 12.6. The van der Waals surface area contributed by atoms with Gasteiger partial charge in [-0.25, -0.2) is 4.79 Å². The fourth-order valence-electron chi connectivity index (χ4n) is 2.19. The molecule has 0 aliphatic carbocycles. The third-order valence-corrected chi connectivity index (χ3v) is 3.86. The molecule has 2 rings (SSSR count). The monoisotopic (exact) mass is 405 g/mol. The van der Waals surface area contributed by atoms with Crippen molar-refractivity contribution in [2.75, 3.05) is 5.32 Å². The lowest BCUT2D eigenvalue weighted by atomic mass is 10.0. The predicted octanol–water partition coefficient (Wildman–Crippen LogP) is 5.09. The fraction of sp³-hybridized carbons (Fsp3) is 0.211. The lowest BCUT2D eigenvalue weighted by molar-refractivity contribution is 0.0635. The number of nitrogens with one attached hydrogen (secondary N) is 2. The molecule has 27 heavy (non-hydrogen) atoms. The maximum atomic E-state index is 12.0. The van der Waals surface area contributed by atoms with Crippen LogP contribution in [0.25, 0.3) is 11.6 Å². The maximum Gasteiger partial charge on any atom is 0.413 e. The number of aromatic nitrogens is 1. The van der Waals surface area contributed by atoms with Crippen LogP contribution in [0, 0.1) is 11.3 Å². The summed E-state index contributed by atoms with van der Waals surface area (Å²) in [5.41, 5.74) is -0.221. The summed E-state index contributed by atoms with van der Waals surface area (Å²) in [6.45, 7) is 5.15. The number of allylic oxidation sites excluding steroid dienone is 1. The van der Waals surface area contributed by atoms with Gasteiger partial charge in [0.25, 0.3) is 0 Å². The first-order valence-electron chi connectivity index (χ1n) is 7.90. The lowest BCUT2D eigenvalue weighted by Gasteiger charge is -2.20. The molecule has 0 saturated carbocycles. The molecule has 0 saturated heterocycles. The number of rotatable bonds is 3. The zero-order chi connectivity index (χ0) is 20.2. The van der Waals surface area contributed by atoms with Crippen LogP contribution in [0.1, 0.15) is 31.9 Å². The Morgan fingerprint density at radius 3 is 2.41 bits per heavy atom. The molecule has 2 N–H and O–H groups in total. The van der Waals surface area contributed by atoms with E-state index in [9.17, 15) is 14.9 Å². The Hall–Kier alpha value is -2.75. The summed E-state index contributed by atoms with van der Waals surface area (Å²) in [6, 6.07) is 9.67. The van der Waals surface area contributed by atoms with E-state index >= 15 is 0 Å². The van der Waals surface area contributed by atoms with Gasteiger partial charge < -0.3 is 9.72 Å². The Kier molecular flexibility index (Phi) is 6.32. The van der Waals surface area contributed by atoms with Gasteiger partial charge in [-0.3, -0.25) is 10.1 Å². The van der Waals surface area contributed by atoms with E-state index in [0.717, 1.165) is 0 Å². The largest absolute Gasteiger partial charge is 0.444 e. The molecule has 0 bridgehead atoms. The second-order valence-electron chi connectivity index (χ2n) is 6.55. The summed E-state index contributed by atoms with van der Waals surface area (Å²) in [5.74, 6) is 0.0904. The van der Waals surface area contributed by atoms with E-state index in [4.69, 9.17) is 27.9 Å². The van der Waals surface area contributed by atoms with Gasteiger partial charge in [-0.2, -0.15) is 5.26 Å². The molecule has 0 spiro atoms. The van der Waals surface area contributed by atoms with Gasteiger partial charge in [-0.1, -0.05) is 29.3 Å². The van der Waals surface area contributed by atoms with Gasteiger partial charge in [-0.05, 0) is 45.0 Å². The number of ether oxygens (including phenoxy) is 1. The number of benzene rings is 1. The Balaban J connectivity index is 2.49. The van der Waals surface area contributed by atoms with E-state index in [-0.39, 0.29) is 11.4 Å². The normalized spacial score (nSPS) is 11.6. The zero-order valence-electron chi connectivity index (χ0n) is 14.9. The molecule has 1 amide bonds. The summed E-state index contributed by atoms with van der Waals surface area (Å²) in [4.78, 5) is 26.2. The summed E-state index contributed by atoms with van der Waals surface area (Å²) in [7, 11) is 0. The third-order valence-electron chi connectivity index (χ3n) is 3.23. The van der Waals surface area contributed by atoms with Crippen molar-refractivity contribution >= 4 is 46.8 Å². The summed E-state index contributed by atoms with van der Waals surface area (Å²) in [6.07, 6.45) is 0.726. The number of aromatic amines is 1. The Morgan fingerprint density at radius 2 is 1.85 bits per heavy atom. The number of pyridine rings is 1. The molecule has 8 heteroatoms. The van der Waals surface area contributed by atoms with E-state index < -0.39 is 17.3 Å². The minimum Gasteiger partial charge on any atom is -0.444 e.